The molecule has 0 aliphatic carbocycles. The van der Waals surface area contributed by atoms with Crippen LogP contribution >= 0.6 is 0 Å². The van der Waals surface area contributed by atoms with Gasteiger partial charge in [-0.15, -0.1) is 0 Å². The van der Waals surface area contributed by atoms with Gasteiger partial charge >= 0.3 is 0 Å². The largest absolute Gasteiger partial charge is 0.269 e. The van der Waals surface area contributed by atoms with Crippen LogP contribution in [0.25, 0.3) is 0 Å². The highest BCUT2D eigenvalue weighted by Gasteiger charge is 2.32. The molecule has 0 N–H and O–H groups in total. The molecular weight excluding hydrogens is 264 g/mol. The fourth-order valence-corrected chi connectivity index (χ4v) is 2.70. The van der Waals surface area contributed by atoms with Gasteiger partial charge in [0.2, 0.25) is 0 Å². The van der Waals surface area contributed by atoms with E-state index in [0.29, 0.717) is 17.7 Å². The van der Waals surface area contributed by atoms with Crippen LogP contribution in [0, 0.1) is 0 Å². The summed E-state index contributed by atoms with van der Waals surface area (Å²) in [7, 11) is 1.70. The second kappa shape index (κ2) is 5.82. The second-order valence-corrected chi connectivity index (χ2v) is 7.86. The van der Waals surface area contributed by atoms with Gasteiger partial charge in [0.1, 0.15) is 0 Å². The summed E-state index contributed by atoms with van der Waals surface area (Å²) in [4.78, 5) is 25.8. The average molecular weight is 294 g/mol. The summed E-state index contributed by atoms with van der Waals surface area (Å²) in [5.74, 6) is 0. The summed E-state index contributed by atoms with van der Waals surface area (Å²) in [6, 6.07) is 0. The lowest BCUT2D eigenvalue weighted by molar-refractivity contribution is 0.409. The average Bonchev–Trinajstić information content (AvgIpc) is 2.30. The third kappa shape index (κ3) is 3.47. The number of rotatable bonds is 3. The zero-order valence-corrected chi connectivity index (χ0v) is 14.8. The first-order valence-electron chi connectivity index (χ1n) is 7.78. The van der Waals surface area contributed by atoms with Crippen molar-refractivity contribution >= 4 is 0 Å². The van der Waals surface area contributed by atoms with Gasteiger partial charge in [0.05, 0.1) is 0 Å². The molecule has 0 aromatic carbocycles. The molecule has 0 unspecified atom stereocenters. The molecule has 1 heterocycles. The zero-order valence-electron chi connectivity index (χ0n) is 14.8. The summed E-state index contributed by atoms with van der Waals surface area (Å²) in [5, 5.41) is 0. The van der Waals surface area contributed by atoms with Gasteiger partial charge in [-0.25, -0.2) is 4.68 Å². The maximum Gasteiger partial charge on any atom is 0.269 e. The minimum Gasteiger partial charge on any atom is -0.268 e. The highest BCUT2D eigenvalue weighted by molar-refractivity contribution is 5.34. The van der Waals surface area contributed by atoms with Gasteiger partial charge in [-0.3, -0.25) is 14.3 Å². The fourth-order valence-electron chi connectivity index (χ4n) is 2.70. The molecule has 4 heteroatoms. The molecular formula is C17H30N2O2. The first-order valence-corrected chi connectivity index (χ1v) is 7.78. The van der Waals surface area contributed by atoms with Crippen LogP contribution < -0.4 is 11.1 Å². The Morgan fingerprint density at radius 1 is 0.857 bits per heavy atom. The van der Waals surface area contributed by atoms with Gasteiger partial charge < -0.3 is 0 Å². The standard InChI is InChI=1S/C17H30N2O2/c1-9-10-11-19-15(21)13(17(5,6)7)12(16(2,3)4)14(20)18(19)8/h9-11H2,1-8H3. The van der Waals surface area contributed by atoms with Gasteiger partial charge in [-0.05, 0) is 17.3 Å². The van der Waals surface area contributed by atoms with Crippen LogP contribution in [0.2, 0.25) is 0 Å². The molecule has 0 saturated carbocycles. The van der Waals surface area contributed by atoms with Crippen molar-refractivity contribution in [3.05, 3.63) is 31.8 Å². The minimum absolute atomic E-state index is 0.0250. The van der Waals surface area contributed by atoms with E-state index < -0.39 is 0 Å². The van der Waals surface area contributed by atoms with E-state index in [0.717, 1.165) is 12.8 Å². The van der Waals surface area contributed by atoms with E-state index >= 15 is 0 Å². The molecule has 1 aromatic rings. The van der Waals surface area contributed by atoms with Crippen molar-refractivity contribution < 1.29 is 0 Å². The highest BCUT2D eigenvalue weighted by atomic mass is 16.2. The highest BCUT2D eigenvalue weighted by Crippen LogP contribution is 2.28. The third-order valence-electron chi connectivity index (χ3n) is 3.79. The first kappa shape index (κ1) is 17.7. The smallest absolute Gasteiger partial charge is 0.268 e. The second-order valence-electron chi connectivity index (χ2n) is 7.86. The van der Waals surface area contributed by atoms with Crippen molar-refractivity contribution in [3.8, 4) is 0 Å². The Bertz CT molecular complexity index is 622. The maximum absolute atomic E-state index is 13.0. The Labute approximate surface area is 127 Å². The maximum atomic E-state index is 13.0. The van der Waals surface area contributed by atoms with Crippen LogP contribution in [0.3, 0.4) is 0 Å². The van der Waals surface area contributed by atoms with E-state index in [4.69, 9.17) is 0 Å². The Morgan fingerprint density at radius 3 is 1.67 bits per heavy atom. The van der Waals surface area contributed by atoms with E-state index in [1.807, 2.05) is 41.5 Å². The molecule has 0 atom stereocenters. The van der Waals surface area contributed by atoms with Crippen molar-refractivity contribution in [3.63, 3.8) is 0 Å². The molecule has 0 aliphatic heterocycles. The van der Waals surface area contributed by atoms with Crippen molar-refractivity contribution in [2.45, 2.75) is 78.7 Å². The van der Waals surface area contributed by atoms with Gasteiger partial charge in [0.15, 0.2) is 0 Å². The number of hydrogen-bond acceptors (Lipinski definition) is 2. The molecule has 0 aliphatic rings. The van der Waals surface area contributed by atoms with Crippen LogP contribution in [0.15, 0.2) is 9.59 Å². The summed E-state index contributed by atoms with van der Waals surface area (Å²) in [6.45, 7) is 14.7. The lowest BCUT2D eigenvalue weighted by Gasteiger charge is -2.30. The fraction of sp³-hybridized carbons (Fsp3) is 0.765. The van der Waals surface area contributed by atoms with Gasteiger partial charge in [-0.2, -0.15) is 0 Å². The van der Waals surface area contributed by atoms with Crippen molar-refractivity contribution in [2.24, 2.45) is 7.05 Å². The lowest BCUT2D eigenvalue weighted by atomic mass is 9.76. The number of nitrogens with zero attached hydrogens (tertiary/aromatic N) is 2. The van der Waals surface area contributed by atoms with Crippen LogP contribution in [0.4, 0.5) is 0 Å². The van der Waals surface area contributed by atoms with E-state index in [1.54, 1.807) is 11.7 Å². The molecule has 120 valence electrons. The Morgan fingerprint density at radius 2 is 1.29 bits per heavy atom. The quantitative estimate of drug-likeness (QED) is 0.860. The van der Waals surface area contributed by atoms with Crippen LogP contribution in [-0.4, -0.2) is 9.36 Å². The molecule has 1 aromatic heterocycles. The molecule has 4 nitrogen and oxygen atoms in total. The Balaban J connectivity index is 3.86. The zero-order chi connectivity index (χ0) is 16.6. The van der Waals surface area contributed by atoms with E-state index in [2.05, 4.69) is 6.92 Å². The van der Waals surface area contributed by atoms with Gasteiger partial charge in [0, 0.05) is 24.7 Å². The molecule has 0 bridgehead atoms. The number of aromatic nitrogens is 2. The van der Waals surface area contributed by atoms with E-state index in [-0.39, 0.29) is 21.9 Å². The molecule has 0 amide bonds. The normalized spacial score (nSPS) is 12.8. The summed E-state index contributed by atoms with van der Waals surface area (Å²) in [6.07, 6.45) is 1.89. The predicted molar refractivity (Wildman–Crippen MR) is 88.3 cm³/mol. The van der Waals surface area contributed by atoms with Gasteiger partial charge in [-0.1, -0.05) is 54.9 Å². The topological polar surface area (TPSA) is 44.0 Å². The van der Waals surface area contributed by atoms with E-state index in [1.165, 1.54) is 4.68 Å². The molecule has 0 radical (unpaired) electrons. The van der Waals surface area contributed by atoms with Gasteiger partial charge in [0.25, 0.3) is 11.1 Å². The third-order valence-corrected chi connectivity index (χ3v) is 3.79. The minimum atomic E-state index is -0.347. The molecule has 0 saturated heterocycles. The summed E-state index contributed by atoms with van der Waals surface area (Å²) in [5.41, 5.74) is 0.539. The molecule has 21 heavy (non-hydrogen) atoms. The summed E-state index contributed by atoms with van der Waals surface area (Å²) >= 11 is 0. The van der Waals surface area contributed by atoms with Crippen LogP contribution in [0.5, 0.6) is 0 Å². The molecule has 1 rings (SSSR count). The van der Waals surface area contributed by atoms with Crippen molar-refractivity contribution in [1.82, 2.24) is 9.36 Å². The lowest BCUT2D eigenvalue weighted by Crippen LogP contribution is -2.47. The van der Waals surface area contributed by atoms with Crippen LogP contribution in [0.1, 0.15) is 72.4 Å². The first-order chi connectivity index (χ1) is 9.42. The number of unbranched alkanes of at least 4 members (excludes halogenated alkanes) is 1. The SMILES string of the molecule is CCCCn1c(=O)c(C(C)(C)C)c(C(C)(C)C)c(=O)n1C. The summed E-state index contributed by atoms with van der Waals surface area (Å²) < 4.78 is 3.09. The van der Waals surface area contributed by atoms with Crippen molar-refractivity contribution in [1.29, 1.82) is 0 Å². The van der Waals surface area contributed by atoms with Crippen LogP contribution in [-0.2, 0) is 24.4 Å². The molecule has 0 spiro atoms. The Kier molecular flexibility index (Phi) is 4.91. The predicted octanol–water partition coefficient (Wildman–Crippen LogP) is 2.94. The Hall–Kier alpha value is -1.32. The monoisotopic (exact) mass is 294 g/mol. The number of hydrogen-bond donors (Lipinski definition) is 0. The van der Waals surface area contributed by atoms with E-state index in [9.17, 15) is 9.59 Å². The molecule has 0 fully saturated rings. The van der Waals surface area contributed by atoms with Crippen molar-refractivity contribution in [2.75, 3.05) is 0 Å².